The van der Waals surface area contributed by atoms with Gasteiger partial charge in [0.1, 0.15) is 6.54 Å². The Bertz CT molecular complexity index is 348. The first-order chi connectivity index (χ1) is 7.15. The van der Waals surface area contributed by atoms with Crippen molar-refractivity contribution < 1.29 is 14.3 Å². The van der Waals surface area contributed by atoms with Gasteiger partial charge in [0.2, 0.25) is 0 Å². The van der Waals surface area contributed by atoms with Crippen molar-refractivity contribution in [2.45, 2.75) is 0 Å². The fourth-order valence-corrected chi connectivity index (χ4v) is 1.13. The Balaban J connectivity index is 2.65. The summed E-state index contributed by atoms with van der Waals surface area (Å²) in [6.07, 6.45) is 0. The van der Waals surface area contributed by atoms with E-state index < -0.39 is 5.97 Å². The zero-order valence-corrected chi connectivity index (χ0v) is 8.77. The molecule has 1 aromatic carbocycles. The van der Waals surface area contributed by atoms with Crippen LogP contribution in [0.5, 0.6) is 0 Å². The molecule has 0 bridgehead atoms. The second-order valence-electron chi connectivity index (χ2n) is 3.10. The number of carbonyl (C=O) groups excluding carboxylic acids is 2. The number of esters is 1. The molecule has 15 heavy (non-hydrogen) atoms. The average molecular weight is 207 g/mol. The van der Waals surface area contributed by atoms with Gasteiger partial charge in [0.05, 0.1) is 7.11 Å². The molecule has 4 nitrogen and oxygen atoms in total. The molecular weight excluding hydrogens is 194 g/mol. The van der Waals surface area contributed by atoms with Crippen LogP contribution in [0.15, 0.2) is 30.3 Å². The summed E-state index contributed by atoms with van der Waals surface area (Å²) in [4.78, 5) is 24.0. The predicted molar refractivity (Wildman–Crippen MR) is 55.4 cm³/mol. The van der Waals surface area contributed by atoms with Crippen molar-refractivity contribution in [3.05, 3.63) is 35.9 Å². The van der Waals surface area contributed by atoms with E-state index in [2.05, 4.69) is 4.74 Å². The molecule has 0 saturated heterocycles. The number of amides is 1. The van der Waals surface area contributed by atoms with Crippen LogP contribution in [0, 0.1) is 0 Å². The van der Waals surface area contributed by atoms with Gasteiger partial charge in [-0.1, -0.05) is 18.2 Å². The normalized spacial score (nSPS) is 9.47. The third-order valence-electron chi connectivity index (χ3n) is 1.96. The first kappa shape index (κ1) is 11.2. The topological polar surface area (TPSA) is 46.6 Å². The zero-order valence-electron chi connectivity index (χ0n) is 8.77. The molecule has 0 saturated carbocycles. The van der Waals surface area contributed by atoms with Crippen LogP contribution in [0.3, 0.4) is 0 Å². The van der Waals surface area contributed by atoms with Crippen molar-refractivity contribution in [1.29, 1.82) is 0 Å². The standard InChI is InChI=1S/C11H13NO3/c1-12(8-10(13)15-2)11(14)9-6-4-3-5-7-9/h3-7H,8H2,1-2H3. The number of ether oxygens (including phenoxy) is 1. The maximum Gasteiger partial charge on any atom is 0.325 e. The van der Waals surface area contributed by atoms with E-state index in [0.717, 1.165) is 0 Å². The van der Waals surface area contributed by atoms with Gasteiger partial charge in [-0.05, 0) is 12.1 Å². The number of likely N-dealkylation sites (N-methyl/N-ethyl adjacent to an activating group) is 1. The number of benzene rings is 1. The molecule has 0 aromatic heterocycles. The molecule has 0 heterocycles. The van der Waals surface area contributed by atoms with E-state index in [1.165, 1.54) is 12.0 Å². The van der Waals surface area contributed by atoms with Crippen LogP contribution in [0.2, 0.25) is 0 Å². The maximum atomic E-state index is 11.7. The predicted octanol–water partition coefficient (Wildman–Crippen LogP) is 0.932. The van der Waals surface area contributed by atoms with Crippen LogP contribution < -0.4 is 0 Å². The fourth-order valence-electron chi connectivity index (χ4n) is 1.13. The van der Waals surface area contributed by atoms with Crippen molar-refractivity contribution >= 4 is 11.9 Å². The van der Waals surface area contributed by atoms with Gasteiger partial charge in [-0.2, -0.15) is 0 Å². The number of rotatable bonds is 3. The summed E-state index contributed by atoms with van der Waals surface area (Å²) in [7, 11) is 2.86. The van der Waals surface area contributed by atoms with Gasteiger partial charge in [-0.25, -0.2) is 0 Å². The lowest BCUT2D eigenvalue weighted by Gasteiger charge is -2.15. The SMILES string of the molecule is COC(=O)CN(C)C(=O)c1ccccc1. The van der Waals surface area contributed by atoms with Crippen LogP contribution in [0.25, 0.3) is 0 Å². The van der Waals surface area contributed by atoms with Crippen molar-refractivity contribution in [1.82, 2.24) is 4.90 Å². The van der Waals surface area contributed by atoms with Crippen LogP contribution >= 0.6 is 0 Å². The van der Waals surface area contributed by atoms with Gasteiger partial charge in [0.15, 0.2) is 0 Å². The molecule has 1 amide bonds. The Kier molecular flexibility index (Phi) is 3.85. The molecule has 0 radical (unpaired) electrons. The molecule has 0 spiro atoms. The first-order valence-electron chi connectivity index (χ1n) is 4.52. The molecule has 0 N–H and O–H groups in total. The molecule has 80 valence electrons. The Morgan fingerprint density at radius 1 is 1.27 bits per heavy atom. The van der Waals surface area contributed by atoms with Crippen LogP contribution in [-0.4, -0.2) is 37.5 Å². The van der Waals surface area contributed by atoms with E-state index in [0.29, 0.717) is 5.56 Å². The van der Waals surface area contributed by atoms with Gasteiger partial charge in [0.25, 0.3) is 5.91 Å². The van der Waals surface area contributed by atoms with E-state index >= 15 is 0 Å². The minimum absolute atomic E-state index is 0.0375. The molecule has 0 unspecified atom stereocenters. The number of hydrogen-bond donors (Lipinski definition) is 0. The molecule has 0 fully saturated rings. The lowest BCUT2D eigenvalue weighted by atomic mass is 10.2. The Morgan fingerprint density at radius 3 is 2.40 bits per heavy atom. The second-order valence-corrected chi connectivity index (χ2v) is 3.10. The second kappa shape index (κ2) is 5.14. The smallest absolute Gasteiger partial charge is 0.325 e. The van der Waals surface area contributed by atoms with Crippen molar-refractivity contribution in [3.63, 3.8) is 0 Å². The highest BCUT2D eigenvalue weighted by atomic mass is 16.5. The lowest BCUT2D eigenvalue weighted by molar-refractivity contribution is -0.141. The summed E-state index contributed by atoms with van der Waals surface area (Å²) in [6.45, 7) is -0.0375. The highest BCUT2D eigenvalue weighted by molar-refractivity contribution is 5.95. The zero-order chi connectivity index (χ0) is 11.3. The molecule has 1 rings (SSSR count). The third kappa shape index (κ3) is 3.09. The average Bonchev–Trinajstić information content (AvgIpc) is 2.29. The van der Waals surface area contributed by atoms with E-state index in [-0.39, 0.29) is 12.5 Å². The molecule has 0 aliphatic carbocycles. The van der Waals surface area contributed by atoms with E-state index in [1.807, 2.05) is 6.07 Å². The maximum absolute atomic E-state index is 11.7. The van der Waals surface area contributed by atoms with Gasteiger partial charge >= 0.3 is 5.97 Å². The summed E-state index contributed by atoms with van der Waals surface area (Å²) in [5, 5.41) is 0. The summed E-state index contributed by atoms with van der Waals surface area (Å²) < 4.78 is 4.47. The lowest BCUT2D eigenvalue weighted by Crippen LogP contribution is -2.32. The van der Waals surface area contributed by atoms with Gasteiger partial charge < -0.3 is 9.64 Å². The number of nitrogens with zero attached hydrogens (tertiary/aromatic N) is 1. The van der Waals surface area contributed by atoms with Crippen LogP contribution in [-0.2, 0) is 9.53 Å². The summed E-state index contributed by atoms with van der Waals surface area (Å²) in [5.41, 5.74) is 0.559. The monoisotopic (exact) mass is 207 g/mol. The molecule has 0 aliphatic heterocycles. The van der Waals surface area contributed by atoms with Crippen molar-refractivity contribution in [2.75, 3.05) is 20.7 Å². The molecule has 1 aromatic rings. The van der Waals surface area contributed by atoms with E-state index in [1.54, 1.807) is 31.3 Å². The molecule has 4 heteroatoms. The van der Waals surface area contributed by atoms with Crippen molar-refractivity contribution in [3.8, 4) is 0 Å². The molecule has 0 aliphatic rings. The molecule has 0 atom stereocenters. The Labute approximate surface area is 88.5 Å². The Hall–Kier alpha value is -1.84. The minimum Gasteiger partial charge on any atom is -0.468 e. The van der Waals surface area contributed by atoms with Gasteiger partial charge in [-0.3, -0.25) is 9.59 Å². The highest BCUT2D eigenvalue weighted by Crippen LogP contribution is 2.02. The molecular formula is C11H13NO3. The van der Waals surface area contributed by atoms with Crippen LogP contribution in [0.1, 0.15) is 10.4 Å². The van der Waals surface area contributed by atoms with Gasteiger partial charge in [-0.15, -0.1) is 0 Å². The third-order valence-corrected chi connectivity index (χ3v) is 1.96. The quantitative estimate of drug-likeness (QED) is 0.693. The van der Waals surface area contributed by atoms with Crippen LogP contribution in [0.4, 0.5) is 0 Å². The largest absolute Gasteiger partial charge is 0.468 e. The van der Waals surface area contributed by atoms with E-state index in [4.69, 9.17) is 0 Å². The first-order valence-corrected chi connectivity index (χ1v) is 4.52. The fraction of sp³-hybridized carbons (Fsp3) is 0.273. The van der Waals surface area contributed by atoms with E-state index in [9.17, 15) is 9.59 Å². The summed E-state index contributed by atoms with van der Waals surface area (Å²) in [5.74, 6) is -0.622. The summed E-state index contributed by atoms with van der Waals surface area (Å²) >= 11 is 0. The number of carbonyl (C=O) groups is 2. The minimum atomic E-state index is -0.429. The summed E-state index contributed by atoms with van der Waals surface area (Å²) in [6, 6.07) is 8.79. The highest BCUT2D eigenvalue weighted by Gasteiger charge is 2.14. The number of methoxy groups -OCH3 is 1. The van der Waals surface area contributed by atoms with Crippen molar-refractivity contribution in [2.24, 2.45) is 0 Å². The Morgan fingerprint density at radius 2 is 1.87 bits per heavy atom. The number of hydrogen-bond acceptors (Lipinski definition) is 3. The van der Waals surface area contributed by atoms with Gasteiger partial charge in [0, 0.05) is 12.6 Å².